The maximum absolute atomic E-state index is 4.08. The molecule has 0 saturated carbocycles. The molecule has 0 aliphatic rings. The molecular formula is C6H7KS. The molecule has 0 unspecified atom stereocenters. The van der Waals surface area contributed by atoms with Crippen LogP contribution in [-0.4, -0.2) is 0 Å². The molecule has 0 amide bonds. The fraction of sp³-hybridized carbons (Fsp3) is 0. The van der Waals surface area contributed by atoms with Crippen LogP contribution >= 0.6 is 12.6 Å². The quantitative estimate of drug-likeness (QED) is 0.359. The second kappa shape index (κ2) is 5.03. The second-order valence-electron chi connectivity index (χ2n) is 1.34. The van der Waals surface area contributed by atoms with Crippen LogP contribution in [0.15, 0.2) is 35.2 Å². The SMILES string of the molecule is Sc1ccccc1.[H-].[K+]. The second-order valence-corrected chi connectivity index (χ2v) is 1.85. The van der Waals surface area contributed by atoms with Gasteiger partial charge >= 0.3 is 51.4 Å². The van der Waals surface area contributed by atoms with E-state index in [0.29, 0.717) is 0 Å². The van der Waals surface area contributed by atoms with Gasteiger partial charge in [0.05, 0.1) is 0 Å². The van der Waals surface area contributed by atoms with Crippen LogP contribution in [0.25, 0.3) is 0 Å². The summed E-state index contributed by atoms with van der Waals surface area (Å²) < 4.78 is 0. The van der Waals surface area contributed by atoms with E-state index in [4.69, 9.17) is 0 Å². The van der Waals surface area contributed by atoms with Gasteiger partial charge < -0.3 is 1.43 Å². The standard InChI is InChI=1S/C6H6S.K.H/c7-6-4-2-1-3-5-6;;/h1-5,7H;;/q;+1;-1. The van der Waals surface area contributed by atoms with Crippen molar-refractivity contribution in [1.82, 2.24) is 0 Å². The summed E-state index contributed by atoms with van der Waals surface area (Å²) in [7, 11) is 0. The molecule has 0 saturated heterocycles. The van der Waals surface area contributed by atoms with Gasteiger partial charge in [0.2, 0.25) is 0 Å². The van der Waals surface area contributed by atoms with Crippen LogP contribution in [0.2, 0.25) is 0 Å². The smallest absolute Gasteiger partial charge is 1.00 e. The third-order valence-corrected chi connectivity index (χ3v) is 1.05. The molecule has 0 aromatic heterocycles. The average Bonchev–Trinajstić information content (AvgIpc) is 1.69. The van der Waals surface area contributed by atoms with Gasteiger partial charge in [-0.3, -0.25) is 0 Å². The first-order valence-electron chi connectivity index (χ1n) is 2.13. The van der Waals surface area contributed by atoms with Gasteiger partial charge in [-0.05, 0) is 12.1 Å². The summed E-state index contributed by atoms with van der Waals surface area (Å²) >= 11 is 4.08. The van der Waals surface area contributed by atoms with Crippen LogP contribution in [0.5, 0.6) is 0 Å². The van der Waals surface area contributed by atoms with Crippen molar-refractivity contribution in [3.63, 3.8) is 0 Å². The molecule has 0 atom stereocenters. The Kier molecular flexibility index (Phi) is 5.79. The molecule has 1 aromatic carbocycles. The molecule has 0 aliphatic carbocycles. The van der Waals surface area contributed by atoms with Crippen LogP contribution in [0.4, 0.5) is 0 Å². The monoisotopic (exact) mass is 150 g/mol. The third kappa shape index (κ3) is 3.28. The van der Waals surface area contributed by atoms with Crippen LogP contribution < -0.4 is 51.4 Å². The summed E-state index contributed by atoms with van der Waals surface area (Å²) in [5, 5.41) is 0. The number of benzene rings is 1. The molecule has 0 spiro atoms. The fourth-order valence-electron chi connectivity index (χ4n) is 0.428. The van der Waals surface area contributed by atoms with Gasteiger partial charge in [-0.1, -0.05) is 18.2 Å². The molecule has 38 valence electrons. The normalized spacial score (nSPS) is 7.62. The summed E-state index contributed by atoms with van der Waals surface area (Å²) in [5.41, 5.74) is 0. The Morgan fingerprint density at radius 2 is 1.62 bits per heavy atom. The van der Waals surface area contributed by atoms with Gasteiger partial charge in [-0.2, -0.15) is 0 Å². The minimum atomic E-state index is 0. The number of hydrogen-bond acceptors (Lipinski definition) is 1. The molecule has 0 nitrogen and oxygen atoms in total. The third-order valence-electron chi connectivity index (χ3n) is 0.756. The van der Waals surface area contributed by atoms with Crippen molar-refractivity contribution in [3.8, 4) is 0 Å². The van der Waals surface area contributed by atoms with Gasteiger partial charge in [-0.25, -0.2) is 0 Å². The first-order valence-corrected chi connectivity index (χ1v) is 2.58. The summed E-state index contributed by atoms with van der Waals surface area (Å²) in [6.45, 7) is 0. The molecule has 1 aromatic rings. The maximum Gasteiger partial charge on any atom is 1.00 e. The summed E-state index contributed by atoms with van der Waals surface area (Å²) in [4.78, 5) is 1.02. The molecule has 0 aliphatic heterocycles. The Hall–Kier alpha value is 1.21. The van der Waals surface area contributed by atoms with Crippen molar-refractivity contribution in [2.24, 2.45) is 0 Å². The van der Waals surface area contributed by atoms with E-state index in [0.717, 1.165) is 4.90 Å². The summed E-state index contributed by atoms with van der Waals surface area (Å²) in [6.07, 6.45) is 0. The fourth-order valence-corrected chi connectivity index (χ4v) is 0.600. The van der Waals surface area contributed by atoms with Crippen molar-refractivity contribution in [2.45, 2.75) is 4.90 Å². The predicted molar refractivity (Wildman–Crippen MR) is 34.8 cm³/mol. The van der Waals surface area contributed by atoms with Crippen LogP contribution in [0.1, 0.15) is 1.43 Å². The zero-order chi connectivity index (χ0) is 5.11. The molecular weight excluding hydrogens is 143 g/mol. The zero-order valence-corrected chi connectivity index (χ0v) is 8.85. The Morgan fingerprint density at radius 3 is 1.88 bits per heavy atom. The Balaban J connectivity index is 0. The van der Waals surface area contributed by atoms with Crippen molar-refractivity contribution >= 4 is 12.6 Å². The minimum Gasteiger partial charge on any atom is -1.00 e. The molecule has 0 heterocycles. The average molecular weight is 150 g/mol. The topological polar surface area (TPSA) is 0 Å². The largest absolute Gasteiger partial charge is 1.00 e. The van der Waals surface area contributed by atoms with E-state index in [1.165, 1.54) is 0 Å². The summed E-state index contributed by atoms with van der Waals surface area (Å²) in [5.74, 6) is 0. The van der Waals surface area contributed by atoms with Crippen LogP contribution in [-0.2, 0) is 0 Å². The van der Waals surface area contributed by atoms with Crippen LogP contribution in [0, 0.1) is 0 Å². The molecule has 1 rings (SSSR count). The van der Waals surface area contributed by atoms with Gasteiger partial charge in [-0.15, -0.1) is 12.6 Å². The maximum atomic E-state index is 4.08. The molecule has 8 heavy (non-hydrogen) atoms. The van der Waals surface area contributed by atoms with Crippen molar-refractivity contribution < 1.29 is 52.8 Å². The van der Waals surface area contributed by atoms with E-state index >= 15 is 0 Å². The van der Waals surface area contributed by atoms with Gasteiger partial charge in [0.25, 0.3) is 0 Å². The molecule has 2 heteroatoms. The van der Waals surface area contributed by atoms with Crippen molar-refractivity contribution in [2.75, 3.05) is 0 Å². The van der Waals surface area contributed by atoms with Gasteiger partial charge in [0.15, 0.2) is 0 Å². The molecule has 0 N–H and O–H groups in total. The van der Waals surface area contributed by atoms with Crippen molar-refractivity contribution in [1.29, 1.82) is 0 Å². The van der Waals surface area contributed by atoms with E-state index in [1.807, 2.05) is 30.3 Å². The van der Waals surface area contributed by atoms with E-state index in [2.05, 4.69) is 12.6 Å². The van der Waals surface area contributed by atoms with E-state index in [-0.39, 0.29) is 52.8 Å². The predicted octanol–water partition coefficient (Wildman–Crippen LogP) is -0.908. The number of thiol groups is 1. The number of hydrogen-bond donors (Lipinski definition) is 1. The Morgan fingerprint density at radius 1 is 1.12 bits per heavy atom. The van der Waals surface area contributed by atoms with E-state index in [1.54, 1.807) is 0 Å². The zero-order valence-electron chi connectivity index (χ0n) is 5.83. The first-order chi connectivity index (χ1) is 3.39. The van der Waals surface area contributed by atoms with E-state index < -0.39 is 0 Å². The van der Waals surface area contributed by atoms with Crippen LogP contribution in [0.3, 0.4) is 0 Å². The Bertz CT molecular complexity index is 143. The van der Waals surface area contributed by atoms with Crippen molar-refractivity contribution in [3.05, 3.63) is 30.3 Å². The minimum absolute atomic E-state index is 0. The van der Waals surface area contributed by atoms with E-state index in [9.17, 15) is 0 Å². The first kappa shape index (κ1) is 9.21. The molecule has 0 radical (unpaired) electrons. The molecule has 0 bridgehead atoms. The number of rotatable bonds is 0. The van der Waals surface area contributed by atoms with Gasteiger partial charge in [0.1, 0.15) is 0 Å². The molecule has 0 fully saturated rings. The Labute approximate surface area is 99.0 Å². The van der Waals surface area contributed by atoms with Gasteiger partial charge in [0, 0.05) is 4.90 Å². The summed E-state index contributed by atoms with van der Waals surface area (Å²) in [6, 6.07) is 9.79.